The summed E-state index contributed by atoms with van der Waals surface area (Å²) < 4.78 is 5.33. The minimum absolute atomic E-state index is 0.313. The first kappa shape index (κ1) is 13.5. The van der Waals surface area contributed by atoms with Crippen molar-refractivity contribution in [3.8, 4) is 0 Å². The highest BCUT2D eigenvalue weighted by atomic mass is 35.5. The van der Waals surface area contributed by atoms with E-state index in [4.69, 9.17) is 16.3 Å². The summed E-state index contributed by atoms with van der Waals surface area (Å²) in [5.41, 5.74) is 0. The number of anilines is 1. The molecule has 1 fully saturated rings. The molecule has 1 N–H and O–H groups in total. The second-order valence-electron chi connectivity index (χ2n) is 4.58. The first-order valence-electron chi connectivity index (χ1n) is 6.21. The van der Waals surface area contributed by atoms with E-state index in [0.717, 1.165) is 38.7 Å². The van der Waals surface area contributed by atoms with Crippen LogP contribution in [0, 0.1) is 6.92 Å². The number of nitrogens with zero attached hydrogens (tertiary/aromatic N) is 3. The van der Waals surface area contributed by atoms with Gasteiger partial charge in [-0.15, -0.1) is 0 Å². The van der Waals surface area contributed by atoms with Gasteiger partial charge in [-0.2, -0.15) is 0 Å². The predicted molar refractivity (Wildman–Crippen MR) is 72.1 cm³/mol. The van der Waals surface area contributed by atoms with Gasteiger partial charge in [0.05, 0.1) is 13.2 Å². The quantitative estimate of drug-likeness (QED) is 0.842. The molecule has 5 nitrogen and oxygen atoms in total. The highest BCUT2D eigenvalue weighted by molar-refractivity contribution is 6.29. The van der Waals surface area contributed by atoms with Crippen molar-refractivity contribution in [2.45, 2.75) is 19.9 Å². The number of halogens is 1. The molecule has 1 unspecified atom stereocenters. The van der Waals surface area contributed by atoms with Gasteiger partial charge in [-0.25, -0.2) is 9.97 Å². The number of hydrogen-bond acceptors (Lipinski definition) is 5. The Labute approximate surface area is 113 Å². The molecule has 0 radical (unpaired) electrons. The van der Waals surface area contributed by atoms with Gasteiger partial charge >= 0.3 is 0 Å². The Morgan fingerprint density at radius 1 is 1.44 bits per heavy atom. The number of hydrogen-bond donors (Lipinski definition) is 1. The molecule has 0 saturated carbocycles. The van der Waals surface area contributed by atoms with E-state index < -0.39 is 0 Å². The third-order valence-electron chi connectivity index (χ3n) is 2.84. The molecule has 0 aromatic carbocycles. The smallest absolute Gasteiger partial charge is 0.134 e. The van der Waals surface area contributed by atoms with Crippen molar-refractivity contribution < 1.29 is 4.74 Å². The Morgan fingerprint density at radius 2 is 2.17 bits per heavy atom. The lowest BCUT2D eigenvalue weighted by Gasteiger charge is -2.29. The molecule has 0 aliphatic carbocycles. The van der Waals surface area contributed by atoms with E-state index in [1.165, 1.54) is 0 Å². The fourth-order valence-corrected chi connectivity index (χ4v) is 2.30. The molecule has 1 saturated heterocycles. The molecule has 1 aromatic heterocycles. The summed E-state index contributed by atoms with van der Waals surface area (Å²) in [4.78, 5) is 10.7. The summed E-state index contributed by atoms with van der Waals surface area (Å²) in [5, 5.41) is 3.83. The van der Waals surface area contributed by atoms with Crippen molar-refractivity contribution in [1.29, 1.82) is 0 Å². The van der Waals surface area contributed by atoms with Crippen molar-refractivity contribution in [2.75, 3.05) is 38.2 Å². The van der Waals surface area contributed by atoms with Crippen LogP contribution in [0.3, 0.4) is 0 Å². The highest BCUT2D eigenvalue weighted by Gasteiger charge is 2.14. The maximum Gasteiger partial charge on any atom is 0.134 e. The Bertz CT molecular complexity index is 375. The molecule has 0 bridgehead atoms. The predicted octanol–water partition coefficient (Wildman–Crippen LogP) is 1.57. The van der Waals surface area contributed by atoms with Crippen LogP contribution in [0.2, 0.25) is 5.15 Å². The van der Waals surface area contributed by atoms with Crippen molar-refractivity contribution in [3.63, 3.8) is 0 Å². The number of aryl methyl sites for hydroxylation is 1. The Hall–Kier alpha value is -0.910. The number of nitrogens with one attached hydrogen (secondary N) is 1. The Morgan fingerprint density at radius 3 is 2.83 bits per heavy atom. The fraction of sp³-hybridized carbons (Fsp3) is 0.667. The van der Waals surface area contributed by atoms with Gasteiger partial charge in [0.25, 0.3) is 0 Å². The van der Waals surface area contributed by atoms with Crippen LogP contribution in [0.4, 0.5) is 5.82 Å². The van der Waals surface area contributed by atoms with Gasteiger partial charge < -0.3 is 10.1 Å². The minimum atomic E-state index is 0.313. The van der Waals surface area contributed by atoms with Crippen LogP contribution >= 0.6 is 11.6 Å². The van der Waals surface area contributed by atoms with Crippen LogP contribution in [0.1, 0.15) is 12.7 Å². The minimum Gasteiger partial charge on any atom is -0.379 e. The van der Waals surface area contributed by atoms with E-state index in [1.54, 1.807) is 6.07 Å². The van der Waals surface area contributed by atoms with Crippen LogP contribution in [-0.4, -0.2) is 53.8 Å². The van der Waals surface area contributed by atoms with Gasteiger partial charge in [-0.3, -0.25) is 4.90 Å². The molecule has 1 atom stereocenters. The average Bonchev–Trinajstić information content (AvgIpc) is 2.28. The van der Waals surface area contributed by atoms with Crippen molar-refractivity contribution in [2.24, 2.45) is 0 Å². The molecule has 2 rings (SSSR count). The number of ether oxygens (including phenoxy) is 1. The van der Waals surface area contributed by atoms with E-state index in [9.17, 15) is 0 Å². The largest absolute Gasteiger partial charge is 0.379 e. The summed E-state index contributed by atoms with van der Waals surface area (Å²) in [6.45, 7) is 8.59. The Balaban J connectivity index is 1.87. The molecule has 1 aromatic rings. The van der Waals surface area contributed by atoms with E-state index in [2.05, 4.69) is 27.1 Å². The molecular weight excluding hydrogens is 252 g/mol. The summed E-state index contributed by atoms with van der Waals surface area (Å²) in [5.74, 6) is 1.47. The summed E-state index contributed by atoms with van der Waals surface area (Å²) in [6, 6.07) is 2.07. The molecule has 2 heterocycles. The summed E-state index contributed by atoms with van der Waals surface area (Å²) >= 11 is 5.91. The number of aromatic nitrogens is 2. The van der Waals surface area contributed by atoms with Gasteiger partial charge in [-0.05, 0) is 13.8 Å². The van der Waals surface area contributed by atoms with Gasteiger partial charge in [0.1, 0.15) is 16.8 Å². The zero-order valence-corrected chi connectivity index (χ0v) is 11.6. The molecule has 18 heavy (non-hydrogen) atoms. The standard InChI is InChI=1S/C12H19ClN4O/c1-9(8-17-3-5-18-6-4-17)14-12-7-11(13)15-10(2)16-12/h7,9H,3-6,8H2,1-2H3,(H,14,15,16). The van der Waals surface area contributed by atoms with E-state index in [-0.39, 0.29) is 0 Å². The van der Waals surface area contributed by atoms with Gasteiger partial charge in [0, 0.05) is 31.7 Å². The average molecular weight is 271 g/mol. The third kappa shape index (κ3) is 4.08. The molecule has 1 aliphatic heterocycles. The van der Waals surface area contributed by atoms with E-state index >= 15 is 0 Å². The fourth-order valence-electron chi connectivity index (χ4n) is 2.07. The van der Waals surface area contributed by atoms with Crippen molar-refractivity contribution in [3.05, 3.63) is 17.0 Å². The van der Waals surface area contributed by atoms with Gasteiger partial charge in [0.15, 0.2) is 0 Å². The Kier molecular flexibility index (Phi) is 4.74. The maximum absolute atomic E-state index is 5.91. The zero-order valence-electron chi connectivity index (χ0n) is 10.8. The SMILES string of the molecule is Cc1nc(Cl)cc(NC(C)CN2CCOCC2)n1. The van der Waals surface area contributed by atoms with Crippen molar-refractivity contribution >= 4 is 17.4 Å². The van der Waals surface area contributed by atoms with Crippen LogP contribution < -0.4 is 5.32 Å². The maximum atomic E-state index is 5.91. The molecule has 100 valence electrons. The lowest BCUT2D eigenvalue weighted by Crippen LogP contribution is -2.42. The second-order valence-corrected chi connectivity index (χ2v) is 4.97. The van der Waals surface area contributed by atoms with Crippen LogP contribution in [0.15, 0.2) is 6.07 Å². The molecule has 6 heteroatoms. The monoisotopic (exact) mass is 270 g/mol. The van der Waals surface area contributed by atoms with Gasteiger partial charge in [0.2, 0.25) is 0 Å². The summed E-state index contributed by atoms with van der Waals surface area (Å²) in [7, 11) is 0. The van der Waals surface area contributed by atoms with E-state index in [0.29, 0.717) is 17.0 Å². The zero-order chi connectivity index (χ0) is 13.0. The highest BCUT2D eigenvalue weighted by Crippen LogP contribution is 2.12. The topological polar surface area (TPSA) is 50.3 Å². The number of rotatable bonds is 4. The first-order valence-corrected chi connectivity index (χ1v) is 6.59. The lowest BCUT2D eigenvalue weighted by atomic mass is 10.3. The number of morpholine rings is 1. The molecule has 0 spiro atoms. The first-order chi connectivity index (χ1) is 8.63. The molecule has 0 amide bonds. The lowest BCUT2D eigenvalue weighted by molar-refractivity contribution is 0.0368. The van der Waals surface area contributed by atoms with Crippen LogP contribution in [0.5, 0.6) is 0 Å². The van der Waals surface area contributed by atoms with Crippen molar-refractivity contribution in [1.82, 2.24) is 14.9 Å². The second kappa shape index (κ2) is 6.31. The third-order valence-corrected chi connectivity index (χ3v) is 3.03. The molecular formula is C12H19ClN4O. The summed E-state index contributed by atoms with van der Waals surface area (Å²) in [6.07, 6.45) is 0. The van der Waals surface area contributed by atoms with Gasteiger partial charge in [-0.1, -0.05) is 11.6 Å². The van der Waals surface area contributed by atoms with Crippen LogP contribution in [-0.2, 0) is 4.74 Å². The van der Waals surface area contributed by atoms with E-state index in [1.807, 2.05) is 6.92 Å². The molecule has 1 aliphatic rings. The normalized spacial score (nSPS) is 18.6. The van der Waals surface area contributed by atoms with Crippen LogP contribution in [0.25, 0.3) is 0 Å².